The molecule has 0 amide bonds. The number of nitrogen functional groups attached to an aromatic ring is 1. The van der Waals surface area contributed by atoms with Gasteiger partial charge in [0, 0.05) is 29.7 Å². The van der Waals surface area contributed by atoms with Crippen molar-refractivity contribution in [1.29, 1.82) is 0 Å². The molecular weight excluding hydrogens is 300 g/mol. The molecule has 5 heteroatoms. The van der Waals surface area contributed by atoms with Crippen LogP contribution in [0.2, 0.25) is 0 Å². The number of fused-ring (bicyclic) bond motifs is 1. The highest BCUT2D eigenvalue weighted by Crippen LogP contribution is 2.29. The normalized spacial score (nSPS) is 15.0. The third-order valence-corrected chi connectivity index (χ3v) is 4.31. The van der Waals surface area contributed by atoms with E-state index in [1.54, 1.807) is 0 Å². The summed E-state index contributed by atoms with van der Waals surface area (Å²) in [5.41, 5.74) is 9.68. The molecule has 0 unspecified atom stereocenters. The van der Waals surface area contributed by atoms with E-state index in [2.05, 4.69) is 30.0 Å². The molecule has 4 rings (SSSR count). The molecule has 2 heterocycles. The maximum absolute atomic E-state index is 5.80. The average molecular weight is 320 g/mol. The molecule has 1 aliphatic heterocycles. The van der Waals surface area contributed by atoms with E-state index in [1.165, 1.54) is 5.56 Å². The summed E-state index contributed by atoms with van der Waals surface area (Å²) in [5.74, 6) is 1.71. The number of anilines is 2. The van der Waals surface area contributed by atoms with E-state index in [9.17, 15) is 0 Å². The minimum atomic E-state index is 0.731. The fourth-order valence-electron chi connectivity index (χ4n) is 3.00. The Kier molecular flexibility index (Phi) is 3.78. The Morgan fingerprint density at radius 2 is 1.75 bits per heavy atom. The van der Waals surface area contributed by atoms with Crippen LogP contribution in [0.5, 0.6) is 0 Å². The number of rotatable bonds is 2. The van der Waals surface area contributed by atoms with Crippen molar-refractivity contribution >= 4 is 22.4 Å². The van der Waals surface area contributed by atoms with Crippen molar-refractivity contribution in [3.63, 3.8) is 0 Å². The van der Waals surface area contributed by atoms with Crippen molar-refractivity contribution in [3.05, 3.63) is 48.0 Å². The van der Waals surface area contributed by atoms with Gasteiger partial charge in [-0.15, -0.1) is 0 Å². The highest BCUT2D eigenvalue weighted by molar-refractivity contribution is 5.91. The first kappa shape index (κ1) is 14.9. The summed E-state index contributed by atoms with van der Waals surface area (Å²) < 4.78 is 5.48. The van der Waals surface area contributed by atoms with E-state index in [1.807, 2.05) is 24.3 Å². The Balaban J connectivity index is 1.89. The number of benzene rings is 2. The predicted octanol–water partition coefficient (Wildman–Crippen LogP) is 3.02. The van der Waals surface area contributed by atoms with Crippen molar-refractivity contribution in [2.75, 3.05) is 36.9 Å². The lowest BCUT2D eigenvalue weighted by Crippen LogP contribution is -2.37. The minimum absolute atomic E-state index is 0.731. The van der Waals surface area contributed by atoms with Gasteiger partial charge in [0.25, 0.3) is 0 Å². The van der Waals surface area contributed by atoms with Gasteiger partial charge in [-0.3, -0.25) is 0 Å². The monoisotopic (exact) mass is 320 g/mol. The Hall–Kier alpha value is -2.66. The van der Waals surface area contributed by atoms with Gasteiger partial charge in [0.1, 0.15) is 5.82 Å². The number of hydrogen-bond donors (Lipinski definition) is 1. The van der Waals surface area contributed by atoms with E-state index in [0.717, 1.165) is 60.1 Å². The Morgan fingerprint density at radius 3 is 2.50 bits per heavy atom. The number of nitrogens with two attached hydrogens (primary N) is 1. The van der Waals surface area contributed by atoms with Crippen LogP contribution in [0.4, 0.5) is 11.5 Å². The maximum atomic E-state index is 5.80. The molecule has 0 spiro atoms. The number of hydrogen-bond acceptors (Lipinski definition) is 5. The summed E-state index contributed by atoms with van der Waals surface area (Å²) in [5, 5.41) is 1.08. The van der Waals surface area contributed by atoms with E-state index < -0.39 is 0 Å². The van der Waals surface area contributed by atoms with Gasteiger partial charge in [-0.1, -0.05) is 6.07 Å². The van der Waals surface area contributed by atoms with Gasteiger partial charge in [-0.25, -0.2) is 9.97 Å². The molecular formula is C19H20N4O. The van der Waals surface area contributed by atoms with Crippen molar-refractivity contribution in [1.82, 2.24) is 9.97 Å². The Labute approximate surface area is 141 Å². The topological polar surface area (TPSA) is 64.3 Å². The van der Waals surface area contributed by atoms with Crippen LogP contribution in [-0.2, 0) is 4.74 Å². The number of aromatic nitrogens is 2. The number of nitrogens with zero attached hydrogens (tertiary/aromatic N) is 3. The fraction of sp³-hybridized carbons (Fsp3) is 0.263. The van der Waals surface area contributed by atoms with E-state index in [-0.39, 0.29) is 0 Å². The third-order valence-electron chi connectivity index (χ3n) is 4.31. The van der Waals surface area contributed by atoms with Gasteiger partial charge >= 0.3 is 0 Å². The van der Waals surface area contributed by atoms with Crippen LogP contribution in [0, 0.1) is 6.92 Å². The molecule has 5 nitrogen and oxygen atoms in total. The summed E-state index contributed by atoms with van der Waals surface area (Å²) in [6.45, 7) is 5.24. The number of aryl methyl sites for hydroxylation is 1. The Bertz CT molecular complexity index is 870. The smallest absolute Gasteiger partial charge is 0.162 e. The molecule has 3 aromatic rings. The van der Waals surface area contributed by atoms with Gasteiger partial charge in [0.2, 0.25) is 0 Å². The van der Waals surface area contributed by atoms with Crippen molar-refractivity contribution < 1.29 is 4.74 Å². The largest absolute Gasteiger partial charge is 0.399 e. The molecule has 0 radical (unpaired) electrons. The summed E-state index contributed by atoms with van der Waals surface area (Å²) in [4.78, 5) is 11.9. The lowest BCUT2D eigenvalue weighted by Gasteiger charge is -2.29. The van der Waals surface area contributed by atoms with Crippen LogP contribution in [0.15, 0.2) is 42.5 Å². The van der Waals surface area contributed by atoms with E-state index in [0.29, 0.717) is 0 Å². The van der Waals surface area contributed by atoms with Crippen LogP contribution < -0.4 is 10.6 Å². The highest BCUT2D eigenvalue weighted by Gasteiger charge is 2.18. The summed E-state index contributed by atoms with van der Waals surface area (Å²) >= 11 is 0. The summed E-state index contributed by atoms with van der Waals surface area (Å²) in [7, 11) is 0. The summed E-state index contributed by atoms with van der Waals surface area (Å²) in [6, 6.07) is 14.0. The van der Waals surface area contributed by atoms with Gasteiger partial charge < -0.3 is 15.4 Å². The van der Waals surface area contributed by atoms with Crippen LogP contribution in [0.3, 0.4) is 0 Å². The van der Waals surface area contributed by atoms with Crippen molar-refractivity contribution in [3.8, 4) is 11.4 Å². The molecule has 1 aliphatic rings. The van der Waals surface area contributed by atoms with Gasteiger partial charge in [0.15, 0.2) is 5.82 Å². The second-order valence-electron chi connectivity index (χ2n) is 6.11. The number of morpholine rings is 1. The quantitative estimate of drug-likeness (QED) is 0.735. The second-order valence-corrected chi connectivity index (χ2v) is 6.11. The molecule has 0 aliphatic carbocycles. The zero-order valence-electron chi connectivity index (χ0n) is 13.7. The molecule has 2 aromatic carbocycles. The molecule has 0 atom stereocenters. The molecule has 0 saturated carbocycles. The zero-order valence-corrected chi connectivity index (χ0v) is 13.7. The first-order valence-electron chi connectivity index (χ1n) is 8.18. The lowest BCUT2D eigenvalue weighted by atomic mass is 10.1. The average Bonchev–Trinajstić information content (AvgIpc) is 2.62. The minimum Gasteiger partial charge on any atom is -0.399 e. The lowest BCUT2D eigenvalue weighted by molar-refractivity contribution is 0.122. The van der Waals surface area contributed by atoms with Crippen LogP contribution >= 0.6 is 0 Å². The second kappa shape index (κ2) is 6.09. The van der Waals surface area contributed by atoms with E-state index in [4.69, 9.17) is 20.4 Å². The summed E-state index contributed by atoms with van der Waals surface area (Å²) in [6.07, 6.45) is 0. The third kappa shape index (κ3) is 2.78. The van der Waals surface area contributed by atoms with E-state index >= 15 is 0 Å². The first-order chi connectivity index (χ1) is 11.7. The van der Waals surface area contributed by atoms with Crippen LogP contribution in [-0.4, -0.2) is 36.3 Å². The highest BCUT2D eigenvalue weighted by atomic mass is 16.5. The molecule has 2 N–H and O–H groups in total. The molecule has 1 aromatic heterocycles. The molecule has 24 heavy (non-hydrogen) atoms. The standard InChI is InChI=1S/C19H20N4O/c1-13-2-7-16-17(12-13)21-18(14-3-5-15(20)6-4-14)22-19(16)23-8-10-24-11-9-23/h2-7,12H,8-11,20H2,1H3. The first-order valence-corrected chi connectivity index (χ1v) is 8.18. The van der Waals surface area contributed by atoms with Gasteiger partial charge in [-0.2, -0.15) is 0 Å². The molecule has 0 bridgehead atoms. The van der Waals surface area contributed by atoms with Gasteiger partial charge in [-0.05, 0) is 48.9 Å². The molecule has 1 saturated heterocycles. The zero-order chi connectivity index (χ0) is 16.5. The van der Waals surface area contributed by atoms with Crippen molar-refractivity contribution in [2.24, 2.45) is 0 Å². The molecule has 1 fully saturated rings. The van der Waals surface area contributed by atoms with Crippen LogP contribution in [0.1, 0.15) is 5.56 Å². The number of ether oxygens (including phenoxy) is 1. The van der Waals surface area contributed by atoms with Crippen LogP contribution in [0.25, 0.3) is 22.3 Å². The predicted molar refractivity (Wildman–Crippen MR) is 97.2 cm³/mol. The SMILES string of the molecule is Cc1ccc2c(N3CCOCC3)nc(-c3ccc(N)cc3)nc2c1. The Morgan fingerprint density at radius 1 is 1.00 bits per heavy atom. The van der Waals surface area contributed by atoms with Gasteiger partial charge in [0.05, 0.1) is 18.7 Å². The van der Waals surface area contributed by atoms with Crippen molar-refractivity contribution in [2.45, 2.75) is 6.92 Å². The molecule has 122 valence electrons. The fourth-order valence-corrected chi connectivity index (χ4v) is 3.00. The maximum Gasteiger partial charge on any atom is 0.162 e.